The maximum Gasteiger partial charge on any atom is 0.408 e. The summed E-state index contributed by atoms with van der Waals surface area (Å²) in [6.07, 6.45) is 4.89. The van der Waals surface area contributed by atoms with Gasteiger partial charge in [0.25, 0.3) is 0 Å². The fourth-order valence-electron chi connectivity index (χ4n) is 6.83. The van der Waals surface area contributed by atoms with Crippen molar-refractivity contribution in [3.05, 3.63) is 29.3 Å². The summed E-state index contributed by atoms with van der Waals surface area (Å²) >= 11 is 6.49. The van der Waals surface area contributed by atoms with E-state index in [-0.39, 0.29) is 18.9 Å². The molecule has 262 valence electrons. The molecule has 0 radical (unpaired) electrons. The molecule has 13 heteroatoms. The van der Waals surface area contributed by atoms with Gasteiger partial charge in [-0.15, -0.1) is 0 Å². The molecule has 5 rings (SSSR count). The summed E-state index contributed by atoms with van der Waals surface area (Å²) in [5.41, 5.74) is -1.39. The Morgan fingerprint density at radius 1 is 1.12 bits per heavy atom. The molecule has 48 heavy (non-hydrogen) atoms. The number of hydrogen-bond donors (Lipinski definition) is 2. The topological polar surface area (TPSA) is 145 Å². The molecule has 2 N–H and O–H groups in total. The van der Waals surface area contributed by atoms with Crippen molar-refractivity contribution in [2.75, 3.05) is 20.3 Å². The van der Waals surface area contributed by atoms with Crippen molar-refractivity contribution in [1.29, 1.82) is 0 Å². The molecule has 0 unspecified atom stereocenters. The fourth-order valence-corrected chi connectivity index (χ4v) is 7.05. The summed E-state index contributed by atoms with van der Waals surface area (Å²) in [5, 5.41) is 6.85. The van der Waals surface area contributed by atoms with Crippen molar-refractivity contribution in [2.24, 2.45) is 5.92 Å². The van der Waals surface area contributed by atoms with Gasteiger partial charge in [0.1, 0.15) is 35.1 Å². The highest BCUT2D eigenvalue weighted by atomic mass is 35.5. The van der Waals surface area contributed by atoms with Gasteiger partial charge in [-0.05, 0) is 65.0 Å². The highest BCUT2D eigenvalue weighted by Crippen LogP contribution is 2.48. The second kappa shape index (κ2) is 14.8. The zero-order valence-corrected chi connectivity index (χ0v) is 29.2. The van der Waals surface area contributed by atoms with Crippen molar-refractivity contribution in [1.82, 2.24) is 20.5 Å². The first-order chi connectivity index (χ1) is 22.8. The van der Waals surface area contributed by atoms with Crippen molar-refractivity contribution in [3.63, 3.8) is 0 Å². The predicted molar refractivity (Wildman–Crippen MR) is 179 cm³/mol. The van der Waals surface area contributed by atoms with Crippen LogP contribution in [0.15, 0.2) is 24.3 Å². The molecule has 1 aliphatic carbocycles. The first kappa shape index (κ1) is 35.5. The molecule has 2 aromatic rings. The number of benzene rings is 1. The minimum Gasteiger partial charge on any atom is -0.488 e. The number of carbonyl (C=O) groups is 4. The van der Waals surface area contributed by atoms with Gasteiger partial charge in [-0.3, -0.25) is 9.59 Å². The van der Waals surface area contributed by atoms with Gasteiger partial charge in [-0.25, -0.2) is 14.6 Å². The molecule has 1 aromatic heterocycles. The third-order valence-electron chi connectivity index (χ3n) is 9.20. The molecular formula is C35H47ClN4O8. The number of pyridine rings is 1. The van der Waals surface area contributed by atoms with Gasteiger partial charge in [-0.1, -0.05) is 49.8 Å². The van der Waals surface area contributed by atoms with Crippen molar-refractivity contribution in [3.8, 4) is 11.6 Å². The molecular weight excluding hydrogens is 640 g/mol. The van der Waals surface area contributed by atoms with Gasteiger partial charge in [0, 0.05) is 17.9 Å². The molecule has 3 aliphatic rings. The Balaban J connectivity index is 1.47. The number of nitrogens with one attached hydrogen (secondary N) is 2. The van der Waals surface area contributed by atoms with Crippen molar-refractivity contribution in [2.45, 2.75) is 115 Å². The van der Waals surface area contributed by atoms with Gasteiger partial charge in [-0.2, -0.15) is 0 Å². The van der Waals surface area contributed by atoms with Crippen molar-refractivity contribution >= 4 is 46.4 Å². The van der Waals surface area contributed by atoms with Gasteiger partial charge in [0.05, 0.1) is 30.8 Å². The highest BCUT2D eigenvalue weighted by Gasteiger charge is 2.62. The molecule has 3 heterocycles. The number of alkyl carbamates (subject to hydrolysis) is 1. The van der Waals surface area contributed by atoms with Crippen LogP contribution in [0.4, 0.5) is 4.79 Å². The number of methoxy groups -OCH3 is 1. The average molecular weight is 687 g/mol. The number of carbonyl (C=O) groups excluding carboxylic acids is 4. The molecule has 2 aliphatic heterocycles. The van der Waals surface area contributed by atoms with E-state index in [0.29, 0.717) is 53.4 Å². The minimum absolute atomic E-state index is 0.0388. The van der Waals surface area contributed by atoms with Gasteiger partial charge in [0.2, 0.25) is 17.7 Å². The highest BCUT2D eigenvalue weighted by molar-refractivity contribution is 6.35. The van der Waals surface area contributed by atoms with Crippen LogP contribution < -0.4 is 20.1 Å². The predicted octanol–water partition coefficient (Wildman–Crippen LogP) is 5.32. The number of esters is 1. The van der Waals surface area contributed by atoms with E-state index in [1.54, 1.807) is 39.0 Å². The van der Waals surface area contributed by atoms with Crippen LogP contribution in [0.3, 0.4) is 0 Å². The van der Waals surface area contributed by atoms with E-state index in [0.717, 1.165) is 32.1 Å². The Labute approximate surface area is 286 Å². The van der Waals surface area contributed by atoms with Crippen LogP contribution in [0.2, 0.25) is 5.02 Å². The number of aromatic nitrogens is 1. The Hall–Kier alpha value is -3.80. The van der Waals surface area contributed by atoms with Crippen LogP contribution in [0.5, 0.6) is 11.6 Å². The summed E-state index contributed by atoms with van der Waals surface area (Å²) in [6, 6.07) is 5.13. The second-order valence-electron chi connectivity index (χ2n) is 13.9. The van der Waals surface area contributed by atoms with Crippen LogP contribution in [0, 0.1) is 5.92 Å². The van der Waals surface area contributed by atoms with Gasteiger partial charge >= 0.3 is 12.1 Å². The van der Waals surface area contributed by atoms with E-state index >= 15 is 0 Å². The number of hydrogen-bond acceptors (Lipinski definition) is 9. The van der Waals surface area contributed by atoms with Crippen LogP contribution in [-0.2, 0) is 23.9 Å². The number of ether oxygens (including phenoxy) is 4. The summed E-state index contributed by atoms with van der Waals surface area (Å²) in [5.74, 6) is -0.630. The zero-order valence-electron chi connectivity index (χ0n) is 28.4. The van der Waals surface area contributed by atoms with Gasteiger partial charge < -0.3 is 34.5 Å². The number of rotatable bonds is 6. The van der Waals surface area contributed by atoms with E-state index in [4.69, 9.17) is 30.5 Å². The SMILES string of the molecule is CCOc1cc(O[C@@H]2C[C@H]3C(=O)N[C@]4(C(=O)OC)C[C@H]4CCCCCCC[C@H](NC(=O)OC(C)(C)C)C(=O)N3C2)c2cccc(Cl)c2n1. The number of nitrogens with zero attached hydrogens (tertiary/aromatic N) is 2. The Kier molecular flexibility index (Phi) is 10.9. The largest absolute Gasteiger partial charge is 0.488 e. The third-order valence-corrected chi connectivity index (χ3v) is 9.50. The Morgan fingerprint density at radius 2 is 1.85 bits per heavy atom. The van der Waals surface area contributed by atoms with Crippen LogP contribution in [0.1, 0.15) is 85.5 Å². The molecule has 1 aromatic carbocycles. The summed E-state index contributed by atoms with van der Waals surface area (Å²) in [6.45, 7) is 7.55. The monoisotopic (exact) mass is 686 g/mol. The maximum absolute atomic E-state index is 14.3. The number of amides is 3. The number of fused-ring (bicyclic) bond motifs is 3. The smallest absolute Gasteiger partial charge is 0.408 e. The molecule has 2 saturated heterocycles. The molecule has 0 bridgehead atoms. The van der Waals surface area contributed by atoms with Crippen LogP contribution in [-0.4, -0.2) is 83.3 Å². The first-order valence-corrected chi connectivity index (χ1v) is 17.3. The number of halogens is 1. The minimum atomic E-state index is -1.13. The Bertz CT molecular complexity index is 1530. The van der Waals surface area contributed by atoms with E-state index < -0.39 is 53.2 Å². The molecule has 12 nitrogen and oxygen atoms in total. The number of para-hydroxylation sites is 1. The van der Waals surface area contributed by atoms with E-state index in [1.807, 2.05) is 13.0 Å². The standard InChI is InChI=1S/C35H47ClN4O8/c1-6-46-28-18-27(23-14-12-15-24(36)29(23)38-28)47-22-17-26-30(41)39-35(32(43)45-5)19-21(35)13-10-8-7-9-11-16-25(31(42)40(26)20-22)37-33(44)48-34(2,3)4/h12,14-15,18,21-22,25-26H,6-11,13,16-17,19-20H2,1-5H3,(H,37,44)(H,39,41)/t21-,22-,25+,26+,35-/m1/s1. The lowest BCUT2D eigenvalue weighted by atomic mass is 10.0. The maximum atomic E-state index is 14.3. The fraction of sp³-hybridized carbons (Fsp3) is 0.629. The first-order valence-electron chi connectivity index (χ1n) is 16.9. The lowest BCUT2D eigenvalue weighted by molar-refractivity contribution is -0.148. The Morgan fingerprint density at radius 3 is 2.56 bits per heavy atom. The van der Waals surface area contributed by atoms with Crippen LogP contribution in [0.25, 0.3) is 10.9 Å². The molecule has 5 atom stereocenters. The quantitative estimate of drug-likeness (QED) is 0.386. The lowest BCUT2D eigenvalue weighted by Crippen LogP contribution is -2.56. The third kappa shape index (κ3) is 8.07. The molecule has 3 fully saturated rings. The second-order valence-corrected chi connectivity index (χ2v) is 14.3. The summed E-state index contributed by atoms with van der Waals surface area (Å²) in [4.78, 5) is 60.4. The zero-order chi connectivity index (χ0) is 34.6. The van der Waals surface area contributed by atoms with Gasteiger partial charge in [0.15, 0.2) is 0 Å². The summed E-state index contributed by atoms with van der Waals surface area (Å²) in [7, 11) is 1.32. The van der Waals surface area contributed by atoms with E-state index in [1.165, 1.54) is 12.0 Å². The van der Waals surface area contributed by atoms with E-state index in [9.17, 15) is 19.2 Å². The summed E-state index contributed by atoms with van der Waals surface area (Å²) < 4.78 is 22.8. The normalized spacial score (nSPS) is 26.7. The molecule has 0 spiro atoms. The average Bonchev–Trinajstić information content (AvgIpc) is 3.55. The molecule has 1 saturated carbocycles. The molecule has 3 amide bonds. The van der Waals surface area contributed by atoms with Crippen LogP contribution >= 0.6 is 11.6 Å². The van der Waals surface area contributed by atoms with Crippen molar-refractivity contribution < 1.29 is 38.1 Å². The lowest BCUT2D eigenvalue weighted by Gasteiger charge is -2.30. The van der Waals surface area contributed by atoms with E-state index in [2.05, 4.69) is 15.6 Å².